The third-order valence-electron chi connectivity index (χ3n) is 3.28. The number of halogens is 2. The van der Waals surface area contributed by atoms with Crippen LogP contribution in [0.2, 0.25) is 0 Å². The molecule has 0 saturated carbocycles. The van der Waals surface area contributed by atoms with Crippen LogP contribution in [0.1, 0.15) is 57.1 Å². The molecule has 1 rings (SSSR count). The van der Waals surface area contributed by atoms with E-state index in [1.807, 2.05) is 13.1 Å². The minimum absolute atomic E-state index is 0.152. The van der Waals surface area contributed by atoms with Crippen molar-refractivity contribution in [3.05, 3.63) is 33.1 Å². The van der Waals surface area contributed by atoms with Gasteiger partial charge in [-0.3, -0.25) is 0 Å². The lowest BCUT2D eigenvalue weighted by Gasteiger charge is -2.18. The molecule has 0 aliphatic carbocycles. The van der Waals surface area contributed by atoms with Crippen LogP contribution >= 0.6 is 22.6 Å². The first kappa shape index (κ1) is 15.9. The Morgan fingerprint density at radius 3 is 2.56 bits per heavy atom. The highest BCUT2D eigenvalue weighted by atomic mass is 127. The number of hydrogen-bond donors (Lipinski definition) is 1. The summed E-state index contributed by atoms with van der Waals surface area (Å²) in [4.78, 5) is 0. The van der Waals surface area contributed by atoms with Gasteiger partial charge in [0.1, 0.15) is 5.82 Å². The molecule has 0 aliphatic rings. The maximum Gasteiger partial charge on any atom is 0.124 e. The van der Waals surface area contributed by atoms with Gasteiger partial charge in [-0.05, 0) is 53.8 Å². The Kier molecular flexibility index (Phi) is 7.82. The lowest BCUT2D eigenvalue weighted by molar-refractivity contribution is 0.498. The topological polar surface area (TPSA) is 12.0 Å². The standard InChI is InChI=1S/C15H23FIN/c1-3-4-5-6-7-8-15(18-2)13-10-9-12(16)11-14(13)17/h9-11,15,18H,3-8H2,1-2H3. The van der Waals surface area contributed by atoms with E-state index in [1.54, 1.807) is 12.1 Å². The molecule has 0 aliphatic heterocycles. The number of benzene rings is 1. The normalized spacial score (nSPS) is 12.7. The Labute approximate surface area is 124 Å². The molecule has 3 heteroatoms. The molecular formula is C15H23FIN. The minimum Gasteiger partial charge on any atom is -0.313 e. The molecule has 0 amide bonds. The minimum atomic E-state index is -0.152. The summed E-state index contributed by atoms with van der Waals surface area (Å²) < 4.78 is 14.1. The molecule has 1 aromatic rings. The highest BCUT2D eigenvalue weighted by Crippen LogP contribution is 2.25. The number of nitrogens with one attached hydrogen (secondary N) is 1. The number of hydrogen-bond acceptors (Lipinski definition) is 1. The zero-order valence-corrected chi connectivity index (χ0v) is 13.5. The van der Waals surface area contributed by atoms with Crippen LogP contribution in [0.15, 0.2) is 18.2 Å². The van der Waals surface area contributed by atoms with Crippen molar-refractivity contribution in [2.45, 2.75) is 51.5 Å². The van der Waals surface area contributed by atoms with Crippen molar-refractivity contribution in [1.29, 1.82) is 0 Å². The molecule has 0 saturated heterocycles. The van der Waals surface area contributed by atoms with Crippen LogP contribution in [0, 0.1) is 9.39 Å². The molecule has 18 heavy (non-hydrogen) atoms. The number of unbranched alkanes of at least 4 members (excludes halogenated alkanes) is 4. The summed E-state index contributed by atoms with van der Waals surface area (Å²) in [6.45, 7) is 2.23. The van der Waals surface area contributed by atoms with E-state index in [-0.39, 0.29) is 5.82 Å². The van der Waals surface area contributed by atoms with Crippen molar-refractivity contribution >= 4 is 22.6 Å². The van der Waals surface area contributed by atoms with Crippen LogP contribution in [0.4, 0.5) is 4.39 Å². The maximum atomic E-state index is 13.1. The molecule has 1 nitrogen and oxygen atoms in total. The van der Waals surface area contributed by atoms with E-state index >= 15 is 0 Å². The molecule has 1 atom stereocenters. The largest absolute Gasteiger partial charge is 0.313 e. The van der Waals surface area contributed by atoms with Crippen LogP contribution in [-0.2, 0) is 0 Å². The second-order valence-corrected chi connectivity index (χ2v) is 5.87. The molecule has 1 unspecified atom stereocenters. The fraction of sp³-hybridized carbons (Fsp3) is 0.600. The van der Waals surface area contributed by atoms with E-state index in [0.29, 0.717) is 6.04 Å². The summed E-state index contributed by atoms with van der Waals surface area (Å²) in [5.74, 6) is -0.152. The van der Waals surface area contributed by atoms with E-state index < -0.39 is 0 Å². The van der Waals surface area contributed by atoms with Crippen molar-refractivity contribution in [3.63, 3.8) is 0 Å². The van der Waals surface area contributed by atoms with Gasteiger partial charge < -0.3 is 5.32 Å². The molecule has 102 valence electrons. The molecular weight excluding hydrogens is 340 g/mol. The van der Waals surface area contributed by atoms with Crippen LogP contribution < -0.4 is 5.32 Å². The van der Waals surface area contributed by atoms with Gasteiger partial charge in [0.15, 0.2) is 0 Å². The van der Waals surface area contributed by atoms with Crippen LogP contribution in [-0.4, -0.2) is 7.05 Å². The zero-order valence-electron chi connectivity index (χ0n) is 11.3. The summed E-state index contributed by atoms with van der Waals surface area (Å²) >= 11 is 2.22. The predicted octanol–water partition coefficient (Wildman–Crippen LogP) is 5.05. The lowest BCUT2D eigenvalue weighted by atomic mass is 10.00. The smallest absolute Gasteiger partial charge is 0.124 e. The Bertz CT molecular complexity index is 354. The lowest BCUT2D eigenvalue weighted by Crippen LogP contribution is -2.17. The molecule has 0 spiro atoms. The fourth-order valence-electron chi connectivity index (χ4n) is 2.19. The molecule has 0 radical (unpaired) electrons. The highest BCUT2D eigenvalue weighted by Gasteiger charge is 2.12. The third kappa shape index (κ3) is 5.22. The Morgan fingerprint density at radius 1 is 1.22 bits per heavy atom. The molecule has 0 aromatic heterocycles. The van der Waals surface area contributed by atoms with Crippen molar-refractivity contribution in [2.75, 3.05) is 7.05 Å². The zero-order chi connectivity index (χ0) is 13.4. The number of rotatable bonds is 8. The molecule has 0 heterocycles. The van der Waals surface area contributed by atoms with Crippen LogP contribution in [0.25, 0.3) is 0 Å². The Balaban J connectivity index is 2.49. The van der Waals surface area contributed by atoms with Crippen LogP contribution in [0.5, 0.6) is 0 Å². The Hall–Kier alpha value is -0.160. The van der Waals surface area contributed by atoms with Crippen molar-refractivity contribution in [1.82, 2.24) is 5.32 Å². The summed E-state index contributed by atoms with van der Waals surface area (Å²) in [7, 11) is 1.98. The summed E-state index contributed by atoms with van der Waals surface area (Å²) in [6, 6.07) is 5.42. The molecule has 0 fully saturated rings. The van der Waals surface area contributed by atoms with Gasteiger partial charge in [0, 0.05) is 9.61 Å². The quantitative estimate of drug-likeness (QED) is 0.503. The molecule has 1 aromatic carbocycles. The average molecular weight is 363 g/mol. The van der Waals surface area contributed by atoms with Gasteiger partial charge in [-0.25, -0.2) is 4.39 Å². The van der Waals surface area contributed by atoms with E-state index in [9.17, 15) is 4.39 Å². The maximum absolute atomic E-state index is 13.1. The van der Waals surface area contributed by atoms with Crippen molar-refractivity contribution < 1.29 is 4.39 Å². The van der Waals surface area contributed by atoms with Gasteiger partial charge in [-0.1, -0.05) is 45.1 Å². The third-order valence-corrected chi connectivity index (χ3v) is 4.22. The van der Waals surface area contributed by atoms with Crippen molar-refractivity contribution in [3.8, 4) is 0 Å². The van der Waals surface area contributed by atoms with E-state index in [2.05, 4.69) is 34.8 Å². The van der Waals surface area contributed by atoms with Gasteiger partial charge in [0.25, 0.3) is 0 Å². The van der Waals surface area contributed by atoms with Gasteiger partial charge >= 0.3 is 0 Å². The van der Waals surface area contributed by atoms with E-state index in [0.717, 1.165) is 9.99 Å². The summed E-state index contributed by atoms with van der Waals surface area (Å²) in [6.07, 6.45) is 7.60. The fourth-order valence-corrected chi connectivity index (χ4v) is 3.04. The summed E-state index contributed by atoms with van der Waals surface area (Å²) in [5.41, 5.74) is 1.22. The molecule has 0 bridgehead atoms. The van der Waals surface area contributed by atoms with Crippen molar-refractivity contribution in [2.24, 2.45) is 0 Å². The first-order chi connectivity index (χ1) is 8.69. The van der Waals surface area contributed by atoms with Gasteiger partial charge in [-0.15, -0.1) is 0 Å². The monoisotopic (exact) mass is 363 g/mol. The second kappa shape index (κ2) is 8.86. The first-order valence-corrected chi connectivity index (χ1v) is 7.89. The Morgan fingerprint density at radius 2 is 1.94 bits per heavy atom. The summed E-state index contributed by atoms with van der Waals surface area (Å²) in [5, 5.41) is 3.34. The van der Waals surface area contributed by atoms with E-state index in [4.69, 9.17) is 0 Å². The van der Waals surface area contributed by atoms with Gasteiger partial charge in [0.05, 0.1) is 0 Å². The highest BCUT2D eigenvalue weighted by molar-refractivity contribution is 14.1. The van der Waals surface area contributed by atoms with Gasteiger partial charge in [0.2, 0.25) is 0 Å². The molecule has 1 N–H and O–H groups in total. The first-order valence-electron chi connectivity index (χ1n) is 6.81. The van der Waals surface area contributed by atoms with Gasteiger partial charge in [-0.2, -0.15) is 0 Å². The predicted molar refractivity (Wildman–Crippen MR) is 84.3 cm³/mol. The average Bonchev–Trinajstić information content (AvgIpc) is 2.35. The second-order valence-electron chi connectivity index (χ2n) is 4.71. The van der Waals surface area contributed by atoms with Crippen LogP contribution in [0.3, 0.4) is 0 Å². The van der Waals surface area contributed by atoms with E-state index in [1.165, 1.54) is 37.7 Å². The SMILES string of the molecule is CCCCCCCC(NC)c1ccc(F)cc1I.